The molecular weight excluding hydrogens is 446 g/mol. The summed E-state index contributed by atoms with van der Waals surface area (Å²) in [6.07, 6.45) is 6.96. The molecule has 0 fully saturated rings. The Bertz CT molecular complexity index is 1150. The van der Waals surface area contributed by atoms with Crippen LogP contribution in [0.3, 0.4) is 0 Å². The maximum atomic E-state index is 12.6. The average Bonchev–Trinajstić information content (AvgIpc) is 3.49. The van der Waals surface area contributed by atoms with Crippen LogP contribution in [-0.4, -0.2) is 26.4 Å². The van der Waals surface area contributed by atoms with E-state index in [2.05, 4.69) is 46.5 Å². The van der Waals surface area contributed by atoms with Crippen molar-refractivity contribution in [1.82, 2.24) is 14.8 Å². The molecule has 3 heterocycles. The molecule has 9 heteroatoms. The van der Waals surface area contributed by atoms with Gasteiger partial charge >= 0.3 is 0 Å². The topological polar surface area (TPSA) is 83.6 Å². The minimum atomic E-state index is -0.140. The molecule has 0 bridgehead atoms. The number of carbonyl (C=O) groups is 1. The fourth-order valence-electron chi connectivity index (χ4n) is 3.65. The first-order valence-corrected chi connectivity index (χ1v) is 12.9. The number of hydrogen-bond donors (Lipinski definition) is 1. The first-order valence-electron chi connectivity index (χ1n) is 10.2. The first kappa shape index (κ1) is 21.8. The number of aromatic nitrogens is 3. The number of thioether (sulfide) groups is 1. The van der Waals surface area contributed by atoms with Crippen molar-refractivity contribution in [2.24, 2.45) is 0 Å². The van der Waals surface area contributed by atoms with Crippen molar-refractivity contribution in [3.05, 3.63) is 45.0 Å². The highest BCUT2D eigenvalue weighted by atomic mass is 32.2. The Hall–Kier alpha value is -2.41. The Morgan fingerprint density at radius 3 is 3.00 bits per heavy atom. The van der Waals surface area contributed by atoms with Gasteiger partial charge in [-0.15, -0.1) is 39.4 Å². The average molecular weight is 470 g/mol. The number of nitrogens with one attached hydrogen (secondary N) is 1. The lowest BCUT2D eigenvalue weighted by Gasteiger charge is -2.09. The van der Waals surface area contributed by atoms with Crippen LogP contribution in [0.4, 0.5) is 5.00 Å². The van der Waals surface area contributed by atoms with Crippen LogP contribution in [-0.2, 0) is 30.6 Å². The van der Waals surface area contributed by atoms with Crippen LogP contribution in [0, 0.1) is 11.3 Å². The molecule has 1 aliphatic rings. The van der Waals surface area contributed by atoms with E-state index in [0.717, 1.165) is 49.1 Å². The summed E-state index contributed by atoms with van der Waals surface area (Å²) in [6.45, 7) is 6.54. The summed E-state index contributed by atoms with van der Waals surface area (Å²) >= 11 is 4.60. The highest BCUT2D eigenvalue weighted by molar-refractivity contribution is 7.99. The highest BCUT2D eigenvalue weighted by Crippen LogP contribution is 2.37. The highest BCUT2D eigenvalue weighted by Gasteiger charge is 2.22. The summed E-state index contributed by atoms with van der Waals surface area (Å²) in [6, 6.07) is 4.43. The van der Waals surface area contributed by atoms with Crippen LogP contribution in [0.2, 0.25) is 0 Å². The molecule has 0 aromatic carbocycles. The van der Waals surface area contributed by atoms with Gasteiger partial charge in [0, 0.05) is 27.2 Å². The van der Waals surface area contributed by atoms with Crippen molar-refractivity contribution in [2.75, 3.05) is 11.1 Å². The fourth-order valence-corrected chi connectivity index (χ4v) is 6.47. The van der Waals surface area contributed by atoms with Crippen LogP contribution < -0.4 is 5.32 Å². The number of allylic oxidation sites excluding steroid dienone is 1. The lowest BCUT2D eigenvalue weighted by atomic mass is 9.96. The maximum Gasteiger partial charge on any atom is 0.235 e. The molecule has 1 N–H and O–H groups in total. The number of carbonyl (C=O) groups excluding carboxylic acids is 1. The second-order valence-corrected chi connectivity index (χ2v) is 10.3. The fraction of sp³-hybridized carbons (Fsp3) is 0.364. The normalized spacial score (nSPS) is 12.9. The van der Waals surface area contributed by atoms with E-state index in [1.165, 1.54) is 21.5 Å². The van der Waals surface area contributed by atoms with Gasteiger partial charge in [0.05, 0.1) is 11.3 Å². The van der Waals surface area contributed by atoms with Gasteiger partial charge < -0.3 is 5.32 Å². The molecule has 4 rings (SSSR count). The number of rotatable bonds is 8. The Labute approximate surface area is 194 Å². The monoisotopic (exact) mass is 469 g/mol. The Balaban J connectivity index is 1.47. The number of hydrogen-bond acceptors (Lipinski definition) is 7. The third kappa shape index (κ3) is 4.61. The van der Waals surface area contributed by atoms with Gasteiger partial charge in [-0.2, -0.15) is 5.26 Å². The zero-order valence-corrected chi connectivity index (χ0v) is 19.8. The summed E-state index contributed by atoms with van der Waals surface area (Å²) in [5.74, 6) is 0.849. The lowest BCUT2D eigenvalue weighted by Crippen LogP contribution is -2.14. The van der Waals surface area contributed by atoms with Gasteiger partial charge in [-0.05, 0) is 43.7 Å². The SMILES string of the molecule is C=CCn1c(SCC(=O)Nc2sc3c(c2C#N)CCCC3)nnc1-c1csc(CC)c1. The number of nitrogens with zero attached hydrogens (tertiary/aromatic N) is 4. The predicted molar refractivity (Wildman–Crippen MR) is 128 cm³/mol. The maximum absolute atomic E-state index is 12.6. The molecule has 0 saturated carbocycles. The van der Waals surface area contributed by atoms with Crippen molar-refractivity contribution >= 4 is 45.3 Å². The molecule has 1 amide bonds. The predicted octanol–water partition coefficient (Wildman–Crippen LogP) is 5.30. The molecule has 0 saturated heterocycles. The van der Waals surface area contributed by atoms with Crippen LogP contribution in [0.25, 0.3) is 11.4 Å². The van der Waals surface area contributed by atoms with Gasteiger partial charge in [0.15, 0.2) is 11.0 Å². The van der Waals surface area contributed by atoms with E-state index in [0.29, 0.717) is 22.3 Å². The quantitative estimate of drug-likeness (QED) is 0.358. The number of fused-ring (bicyclic) bond motifs is 1. The summed E-state index contributed by atoms with van der Waals surface area (Å²) in [4.78, 5) is 15.2. The summed E-state index contributed by atoms with van der Waals surface area (Å²) < 4.78 is 1.98. The van der Waals surface area contributed by atoms with Crippen molar-refractivity contribution < 1.29 is 4.79 Å². The molecule has 0 atom stereocenters. The molecule has 3 aromatic heterocycles. The van der Waals surface area contributed by atoms with E-state index >= 15 is 0 Å². The number of thiophene rings is 2. The van der Waals surface area contributed by atoms with Crippen LogP contribution in [0.1, 0.15) is 40.6 Å². The van der Waals surface area contributed by atoms with Crippen LogP contribution >= 0.6 is 34.4 Å². The molecule has 1 aliphatic carbocycles. The third-order valence-electron chi connectivity index (χ3n) is 5.16. The molecular formula is C22H23N5OS3. The second-order valence-electron chi connectivity index (χ2n) is 7.22. The standard InChI is InChI=1S/C22H23N5OS3/c1-3-9-27-20(14-10-15(4-2)29-12-14)25-26-22(27)30-13-19(28)24-21-17(11-23)16-7-5-6-8-18(16)31-21/h3,10,12H,1,4-9,13H2,2H3,(H,24,28). The summed E-state index contributed by atoms with van der Waals surface area (Å²) in [5, 5.41) is 24.7. The van der Waals surface area contributed by atoms with E-state index in [-0.39, 0.29) is 11.7 Å². The Morgan fingerprint density at radius 1 is 1.42 bits per heavy atom. The molecule has 0 unspecified atom stereocenters. The zero-order valence-electron chi connectivity index (χ0n) is 17.3. The Kier molecular flexibility index (Phi) is 6.90. The largest absolute Gasteiger partial charge is 0.316 e. The molecule has 0 aliphatic heterocycles. The van der Waals surface area contributed by atoms with E-state index in [9.17, 15) is 10.1 Å². The molecule has 3 aromatic rings. The van der Waals surface area contributed by atoms with Crippen molar-refractivity contribution in [3.8, 4) is 17.5 Å². The molecule has 6 nitrogen and oxygen atoms in total. The molecule has 31 heavy (non-hydrogen) atoms. The lowest BCUT2D eigenvalue weighted by molar-refractivity contribution is -0.113. The van der Waals surface area contributed by atoms with Gasteiger partial charge in [-0.3, -0.25) is 9.36 Å². The minimum absolute atomic E-state index is 0.140. The van der Waals surface area contributed by atoms with Gasteiger partial charge in [0.2, 0.25) is 5.91 Å². The van der Waals surface area contributed by atoms with Crippen LogP contribution in [0.5, 0.6) is 0 Å². The van der Waals surface area contributed by atoms with E-state index in [1.54, 1.807) is 28.7 Å². The summed E-state index contributed by atoms with van der Waals surface area (Å²) in [5.41, 5.74) is 2.80. The Morgan fingerprint density at radius 2 is 2.26 bits per heavy atom. The number of amides is 1. The third-order valence-corrected chi connectivity index (χ3v) is 8.41. The van der Waals surface area contributed by atoms with Crippen molar-refractivity contribution in [1.29, 1.82) is 5.26 Å². The number of anilines is 1. The van der Waals surface area contributed by atoms with Gasteiger partial charge in [-0.1, -0.05) is 24.8 Å². The van der Waals surface area contributed by atoms with Crippen molar-refractivity contribution in [3.63, 3.8) is 0 Å². The summed E-state index contributed by atoms with van der Waals surface area (Å²) in [7, 11) is 0. The van der Waals surface area contributed by atoms with E-state index < -0.39 is 0 Å². The molecule has 0 radical (unpaired) electrons. The first-order chi connectivity index (χ1) is 15.1. The number of nitriles is 1. The zero-order chi connectivity index (χ0) is 21.8. The van der Waals surface area contributed by atoms with E-state index in [1.807, 2.05) is 4.57 Å². The number of aryl methyl sites for hydroxylation is 2. The smallest absolute Gasteiger partial charge is 0.235 e. The second kappa shape index (κ2) is 9.81. The van der Waals surface area contributed by atoms with E-state index in [4.69, 9.17) is 0 Å². The minimum Gasteiger partial charge on any atom is -0.316 e. The van der Waals surface area contributed by atoms with Crippen molar-refractivity contribution in [2.45, 2.75) is 50.7 Å². The van der Waals surface area contributed by atoms with Crippen LogP contribution in [0.15, 0.2) is 29.3 Å². The van der Waals surface area contributed by atoms with Gasteiger partial charge in [0.25, 0.3) is 0 Å². The molecule has 0 spiro atoms. The van der Waals surface area contributed by atoms with Gasteiger partial charge in [-0.25, -0.2) is 0 Å². The van der Waals surface area contributed by atoms with Gasteiger partial charge in [0.1, 0.15) is 11.1 Å². The molecule has 160 valence electrons.